The Kier molecular flexibility index (Phi) is 4.52. The molecule has 98 valence electrons. The third-order valence-corrected chi connectivity index (χ3v) is 3.04. The van der Waals surface area contributed by atoms with Crippen molar-refractivity contribution in [1.29, 1.82) is 0 Å². The van der Waals surface area contributed by atoms with Crippen LogP contribution < -0.4 is 16.0 Å². The van der Waals surface area contributed by atoms with E-state index < -0.39 is 0 Å². The number of urea groups is 1. The summed E-state index contributed by atoms with van der Waals surface area (Å²) in [5, 5.41) is 8.87. The van der Waals surface area contributed by atoms with Crippen LogP contribution in [-0.4, -0.2) is 25.2 Å². The summed E-state index contributed by atoms with van der Waals surface area (Å²) in [7, 11) is 0. The van der Waals surface area contributed by atoms with Crippen LogP contribution in [0.1, 0.15) is 18.4 Å². The summed E-state index contributed by atoms with van der Waals surface area (Å²) in [6, 6.07) is 6.30. The largest absolute Gasteiger partial charge is 0.337 e. The maximum Gasteiger partial charge on any atom is 0.315 e. The summed E-state index contributed by atoms with van der Waals surface area (Å²) in [4.78, 5) is 11.5. The number of carbonyl (C=O) groups is 1. The van der Waals surface area contributed by atoms with Crippen molar-refractivity contribution >= 4 is 6.03 Å². The van der Waals surface area contributed by atoms with Crippen LogP contribution in [0.4, 0.5) is 9.18 Å². The van der Waals surface area contributed by atoms with Crippen molar-refractivity contribution in [2.24, 2.45) is 0 Å². The molecule has 1 aliphatic heterocycles. The van der Waals surface area contributed by atoms with E-state index in [1.807, 2.05) is 0 Å². The smallest absolute Gasteiger partial charge is 0.315 e. The number of amides is 2. The van der Waals surface area contributed by atoms with Gasteiger partial charge in [-0.15, -0.1) is 0 Å². The molecule has 3 N–H and O–H groups in total. The molecule has 5 heteroatoms. The van der Waals surface area contributed by atoms with E-state index in [1.54, 1.807) is 12.1 Å². The molecule has 0 aliphatic carbocycles. The fourth-order valence-corrected chi connectivity index (χ4v) is 1.99. The Bertz CT molecular complexity index is 388. The highest BCUT2D eigenvalue weighted by Crippen LogP contribution is 2.03. The van der Waals surface area contributed by atoms with E-state index in [-0.39, 0.29) is 11.8 Å². The summed E-state index contributed by atoms with van der Waals surface area (Å²) >= 11 is 0. The van der Waals surface area contributed by atoms with Crippen LogP contribution in [-0.2, 0) is 6.54 Å². The maximum atomic E-state index is 12.7. The highest BCUT2D eigenvalue weighted by atomic mass is 19.1. The Balaban J connectivity index is 1.66. The third kappa shape index (κ3) is 4.00. The zero-order valence-corrected chi connectivity index (χ0v) is 10.2. The normalized spacial score (nSPS) is 18.6. The molecule has 0 radical (unpaired) electrons. The highest BCUT2D eigenvalue weighted by molar-refractivity contribution is 5.73. The molecule has 1 fully saturated rings. The van der Waals surface area contributed by atoms with Crippen molar-refractivity contribution in [3.8, 4) is 0 Å². The Morgan fingerprint density at radius 2 is 2.11 bits per heavy atom. The monoisotopic (exact) mass is 251 g/mol. The first-order valence-corrected chi connectivity index (χ1v) is 6.23. The minimum absolute atomic E-state index is 0.187. The van der Waals surface area contributed by atoms with Crippen LogP contribution >= 0.6 is 0 Å². The molecule has 0 bridgehead atoms. The van der Waals surface area contributed by atoms with E-state index in [0.717, 1.165) is 18.5 Å². The maximum absolute atomic E-state index is 12.7. The molecule has 0 spiro atoms. The van der Waals surface area contributed by atoms with Gasteiger partial charge in [0.05, 0.1) is 0 Å². The van der Waals surface area contributed by atoms with Gasteiger partial charge in [-0.2, -0.15) is 0 Å². The number of nitrogens with one attached hydrogen (secondary N) is 3. The van der Waals surface area contributed by atoms with Gasteiger partial charge in [0, 0.05) is 19.1 Å². The molecular weight excluding hydrogens is 233 g/mol. The molecule has 2 rings (SSSR count). The van der Waals surface area contributed by atoms with Crippen molar-refractivity contribution in [2.75, 3.05) is 13.1 Å². The molecule has 1 unspecified atom stereocenters. The van der Waals surface area contributed by atoms with E-state index in [1.165, 1.54) is 18.6 Å². The Morgan fingerprint density at radius 1 is 1.33 bits per heavy atom. The van der Waals surface area contributed by atoms with Gasteiger partial charge in [-0.05, 0) is 37.1 Å². The van der Waals surface area contributed by atoms with Gasteiger partial charge < -0.3 is 16.0 Å². The summed E-state index contributed by atoms with van der Waals surface area (Å²) in [6.45, 7) is 2.09. The molecule has 4 nitrogen and oxygen atoms in total. The lowest BCUT2D eigenvalue weighted by Crippen LogP contribution is -2.42. The molecule has 1 aliphatic rings. The standard InChI is InChI=1S/C13H18FN3O/c14-11-5-3-10(4-6-11)8-16-13(18)17-9-12-2-1-7-15-12/h3-6,12,15H,1-2,7-9H2,(H2,16,17,18). The van der Waals surface area contributed by atoms with Gasteiger partial charge in [0.15, 0.2) is 0 Å². The first-order chi connectivity index (χ1) is 8.74. The molecule has 18 heavy (non-hydrogen) atoms. The average molecular weight is 251 g/mol. The van der Waals surface area contributed by atoms with E-state index >= 15 is 0 Å². The number of hydrogen-bond donors (Lipinski definition) is 3. The van der Waals surface area contributed by atoms with Gasteiger partial charge in [0.25, 0.3) is 0 Å². The predicted molar refractivity (Wildman–Crippen MR) is 67.7 cm³/mol. The molecule has 1 saturated heterocycles. The van der Waals surface area contributed by atoms with E-state index in [0.29, 0.717) is 19.1 Å². The van der Waals surface area contributed by atoms with Gasteiger partial charge in [0.2, 0.25) is 0 Å². The Hall–Kier alpha value is -1.62. The first kappa shape index (κ1) is 12.8. The lowest BCUT2D eigenvalue weighted by Gasteiger charge is -2.12. The van der Waals surface area contributed by atoms with Crippen LogP contribution in [0.15, 0.2) is 24.3 Å². The van der Waals surface area contributed by atoms with Crippen molar-refractivity contribution in [3.05, 3.63) is 35.6 Å². The number of hydrogen-bond acceptors (Lipinski definition) is 2. The molecule has 1 heterocycles. The Labute approximate surface area is 106 Å². The second-order valence-corrected chi connectivity index (χ2v) is 4.48. The lowest BCUT2D eigenvalue weighted by molar-refractivity contribution is 0.239. The number of benzene rings is 1. The van der Waals surface area contributed by atoms with Crippen molar-refractivity contribution in [3.63, 3.8) is 0 Å². The van der Waals surface area contributed by atoms with E-state index in [4.69, 9.17) is 0 Å². The van der Waals surface area contributed by atoms with Crippen molar-refractivity contribution < 1.29 is 9.18 Å². The van der Waals surface area contributed by atoms with Crippen LogP contribution in [0.25, 0.3) is 0 Å². The molecular formula is C13H18FN3O. The summed E-state index contributed by atoms with van der Waals surface area (Å²) in [5.74, 6) is -0.268. The molecule has 2 amide bonds. The number of halogens is 1. The van der Waals surface area contributed by atoms with Gasteiger partial charge in [-0.1, -0.05) is 12.1 Å². The minimum atomic E-state index is -0.268. The second-order valence-electron chi connectivity index (χ2n) is 4.48. The summed E-state index contributed by atoms with van der Waals surface area (Å²) in [5.41, 5.74) is 0.880. The fourth-order valence-electron chi connectivity index (χ4n) is 1.99. The molecule has 1 aromatic carbocycles. The lowest BCUT2D eigenvalue weighted by atomic mass is 10.2. The van der Waals surface area contributed by atoms with Crippen LogP contribution in [0.3, 0.4) is 0 Å². The van der Waals surface area contributed by atoms with E-state index in [2.05, 4.69) is 16.0 Å². The van der Waals surface area contributed by atoms with Gasteiger partial charge in [-0.25, -0.2) is 9.18 Å². The predicted octanol–water partition coefficient (Wildman–Crippen LogP) is 1.38. The number of rotatable bonds is 4. The highest BCUT2D eigenvalue weighted by Gasteiger charge is 2.14. The molecule has 1 aromatic rings. The van der Waals surface area contributed by atoms with Crippen molar-refractivity contribution in [2.45, 2.75) is 25.4 Å². The van der Waals surface area contributed by atoms with Gasteiger partial charge >= 0.3 is 6.03 Å². The second kappa shape index (κ2) is 6.35. The zero-order valence-electron chi connectivity index (χ0n) is 10.2. The van der Waals surface area contributed by atoms with Crippen LogP contribution in [0.2, 0.25) is 0 Å². The van der Waals surface area contributed by atoms with Crippen LogP contribution in [0.5, 0.6) is 0 Å². The summed E-state index contributed by atoms with van der Waals surface area (Å²) < 4.78 is 12.7. The topological polar surface area (TPSA) is 53.2 Å². The average Bonchev–Trinajstić information content (AvgIpc) is 2.89. The zero-order chi connectivity index (χ0) is 12.8. The quantitative estimate of drug-likeness (QED) is 0.757. The minimum Gasteiger partial charge on any atom is -0.337 e. The third-order valence-electron chi connectivity index (χ3n) is 3.04. The molecule has 1 atom stereocenters. The summed E-state index contributed by atoms with van der Waals surface area (Å²) in [6.07, 6.45) is 2.28. The fraction of sp³-hybridized carbons (Fsp3) is 0.462. The van der Waals surface area contributed by atoms with Gasteiger partial charge in [0.1, 0.15) is 5.82 Å². The first-order valence-electron chi connectivity index (χ1n) is 6.23. The SMILES string of the molecule is O=C(NCc1ccc(F)cc1)NCC1CCCN1. The van der Waals surface area contributed by atoms with Gasteiger partial charge in [-0.3, -0.25) is 0 Å². The van der Waals surface area contributed by atoms with Crippen molar-refractivity contribution in [1.82, 2.24) is 16.0 Å². The molecule has 0 aromatic heterocycles. The van der Waals surface area contributed by atoms with E-state index in [9.17, 15) is 9.18 Å². The number of carbonyl (C=O) groups excluding carboxylic acids is 1. The van der Waals surface area contributed by atoms with Crippen LogP contribution in [0, 0.1) is 5.82 Å². The molecule has 0 saturated carbocycles. The Morgan fingerprint density at radius 3 is 2.78 bits per heavy atom.